The van der Waals surface area contributed by atoms with Crippen LogP contribution in [0.5, 0.6) is 5.75 Å². The van der Waals surface area contributed by atoms with Crippen molar-refractivity contribution in [1.29, 1.82) is 0 Å². The largest absolute Gasteiger partial charge is 0.489 e. The summed E-state index contributed by atoms with van der Waals surface area (Å²) >= 11 is 5.28. The third kappa shape index (κ3) is 4.62. The molecule has 0 atom stereocenters. The summed E-state index contributed by atoms with van der Waals surface area (Å²) in [6, 6.07) is 10.2. The van der Waals surface area contributed by atoms with Crippen molar-refractivity contribution >= 4 is 27.3 Å². The van der Waals surface area contributed by atoms with Crippen molar-refractivity contribution in [3.05, 3.63) is 50.1 Å². The first-order valence-corrected chi connectivity index (χ1v) is 8.47. The van der Waals surface area contributed by atoms with Crippen molar-refractivity contribution in [2.45, 2.75) is 33.4 Å². The topological polar surface area (TPSA) is 21.3 Å². The van der Waals surface area contributed by atoms with Crippen LogP contribution in [-0.2, 0) is 13.2 Å². The molecule has 0 bridgehead atoms. The first-order valence-electron chi connectivity index (χ1n) is 6.86. The molecule has 0 aliphatic heterocycles. The number of nitrogens with one attached hydrogen (secondary N) is 1. The van der Waals surface area contributed by atoms with Gasteiger partial charge in [-0.05, 0) is 50.2 Å². The van der Waals surface area contributed by atoms with Gasteiger partial charge in [0.05, 0.1) is 0 Å². The summed E-state index contributed by atoms with van der Waals surface area (Å²) in [4.78, 5) is 2.72. The van der Waals surface area contributed by atoms with Crippen LogP contribution in [0.3, 0.4) is 0 Å². The van der Waals surface area contributed by atoms with Crippen LogP contribution in [0.2, 0.25) is 0 Å². The molecule has 4 heteroatoms. The molecular formula is C16H20BrNOS. The standard InChI is InChI=1S/C16H20BrNOS/c1-3-8-18-10-16-9-13(12(2)20-16)11-19-15-6-4-14(17)5-7-15/h4-7,9,18H,3,8,10-11H2,1-2H3. The van der Waals surface area contributed by atoms with Gasteiger partial charge in [0.1, 0.15) is 12.4 Å². The molecule has 0 spiro atoms. The van der Waals surface area contributed by atoms with Gasteiger partial charge >= 0.3 is 0 Å². The molecule has 0 aliphatic rings. The Morgan fingerprint density at radius 1 is 1.25 bits per heavy atom. The predicted molar refractivity (Wildman–Crippen MR) is 89.5 cm³/mol. The second-order valence-corrected chi connectivity index (χ2v) is 6.97. The van der Waals surface area contributed by atoms with E-state index in [0.29, 0.717) is 6.61 Å². The van der Waals surface area contributed by atoms with Crippen LogP contribution < -0.4 is 10.1 Å². The van der Waals surface area contributed by atoms with E-state index in [2.05, 4.69) is 41.2 Å². The molecule has 0 aliphatic carbocycles. The average Bonchev–Trinajstić information content (AvgIpc) is 2.79. The van der Waals surface area contributed by atoms with Gasteiger partial charge in [-0.1, -0.05) is 22.9 Å². The second kappa shape index (κ2) is 7.81. The number of rotatable bonds is 7. The van der Waals surface area contributed by atoms with E-state index in [9.17, 15) is 0 Å². The molecule has 0 fully saturated rings. The van der Waals surface area contributed by atoms with Crippen LogP contribution in [0.4, 0.5) is 0 Å². The first kappa shape index (κ1) is 15.5. The monoisotopic (exact) mass is 353 g/mol. The fraction of sp³-hybridized carbons (Fsp3) is 0.375. The minimum atomic E-state index is 0.637. The molecule has 0 saturated heterocycles. The van der Waals surface area contributed by atoms with E-state index in [-0.39, 0.29) is 0 Å². The van der Waals surface area contributed by atoms with Gasteiger partial charge in [-0.25, -0.2) is 0 Å². The van der Waals surface area contributed by atoms with E-state index in [0.717, 1.165) is 23.3 Å². The summed E-state index contributed by atoms with van der Waals surface area (Å²) < 4.78 is 6.90. The Morgan fingerprint density at radius 3 is 2.70 bits per heavy atom. The Kier molecular flexibility index (Phi) is 6.07. The fourth-order valence-corrected chi connectivity index (χ4v) is 3.18. The molecular weight excluding hydrogens is 334 g/mol. The van der Waals surface area contributed by atoms with Crippen LogP contribution in [-0.4, -0.2) is 6.54 Å². The summed E-state index contributed by atoms with van der Waals surface area (Å²) in [6.07, 6.45) is 1.17. The SMILES string of the molecule is CCCNCc1cc(COc2ccc(Br)cc2)c(C)s1. The van der Waals surface area contributed by atoms with Crippen molar-refractivity contribution in [3.63, 3.8) is 0 Å². The smallest absolute Gasteiger partial charge is 0.119 e. The highest BCUT2D eigenvalue weighted by atomic mass is 79.9. The molecule has 1 aromatic carbocycles. The second-order valence-electron chi connectivity index (χ2n) is 4.71. The van der Waals surface area contributed by atoms with E-state index in [1.54, 1.807) is 0 Å². The molecule has 2 nitrogen and oxygen atoms in total. The lowest BCUT2D eigenvalue weighted by molar-refractivity contribution is 0.306. The van der Waals surface area contributed by atoms with Gasteiger partial charge in [0, 0.05) is 26.3 Å². The molecule has 1 N–H and O–H groups in total. The van der Waals surface area contributed by atoms with Gasteiger partial charge in [0.15, 0.2) is 0 Å². The maximum atomic E-state index is 5.83. The van der Waals surface area contributed by atoms with Crippen LogP contribution in [0.1, 0.15) is 28.7 Å². The number of hydrogen-bond donors (Lipinski definition) is 1. The minimum Gasteiger partial charge on any atom is -0.489 e. The highest BCUT2D eigenvalue weighted by molar-refractivity contribution is 9.10. The molecule has 0 saturated carbocycles. The number of halogens is 1. The quantitative estimate of drug-likeness (QED) is 0.715. The van der Waals surface area contributed by atoms with Crippen molar-refractivity contribution in [3.8, 4) is 5.75 Å². The molecule has 20 heavy (non-hydrogen) atoms. The Balaban J connectivity index is 1.90. The fourth-order valence-electron chi connectivity index (χ4n) is 1.90. The van der Waals surface area contributed by atoms with E-state index in [1.165, 1.54) is 21.7 Å². The molecule has 0 amide bonds. The first-order chi connectivity index (χ1) is 9.69. The maximum Gasteiger partial charge on any atom is 0.119 e. The van der Waals surface area contributed by atoms with Crippen molar-refractivity contribution in [1.82, 2.24) is 5.32 Å². The summed E-state index contributed by atoms with van der Waals surface area (Å²) in [6.45, 7) is 7.01. The molecule has 0 radical (unpaired) electrons. The molecule has 2 aromatic rings. The summed E-state index contributed by atoms with van der Waals surface area (Å²) in [5, 5.41) is 3.44. The van der Waals surface area contributed by atoms with E-state index >= 15 is 0 Å². The van der Waals surface area contributed by atoms with Crippen LogP contribution in [0.15, 0.2) is 34.8 Å². The molecule has 1 heterocycles. The van der Waals surface area contributed by atoms with E-state index in [4.69, 9.17) is 4.74 Å². The molecule has 2 rings (SSSR count). The Hall–Kier alpha value is -0.840. The van der Waals surface area contributed by atoms with Crippen molar-refractivity contribution in [2.75, 3.05) is 6.54 Å². The lowest BCUT2D eigenvalue weighted by atomic mass is 10.2. The van der Waals surface area contributed by atoms with Gasteiger partial charge in [0.25, 0.3) is 0 Å². The Morgan fingerprint density at radius 2 is 2.00 bits per heavy atom. The Labute approximate surface area is 133 Å². The van der Waals surface area contributed by atoms with E-state index in [1.807, 2.05) is 35.6 Å². The highest BCUT2D eigenvalue weighted by Gasteiger charge is 2.06. The number of thiophene rings is 1. The molecule has 108 valence electrons. The number of hydrogen-bond acceptors (Lipinski definition) is 3. The van der Waals surface area contributed by atoms with Gasteiger partial charge in [0.2, 0.25) is 0 Å². The number of benzene rings is 1. The summed E-state index contributed by atoms with van der Waals surface area (Å²) in [5.41, 5.74) is 1.28. The van der Waals surface area contributed by atoms with Crippen molar-refractivity contribution < 1.29 is 4.74 Å². The Bertz CT molecular complexity index is 536. The molecule has 0 unspecified atom stereocenters. The van der Waals surface area contributed by atoms with Crippen molar-refractivity contribution in [2.24, 2.45) is 0 Å². The lowest BCUT2D eigenvalue weighted by Gasteiger charge is -2.05. The minimum absolute atomic E-state index is 0.637. The zero-order valence-electron chi connectivity index (χ0n) is 11.9. The van der Waals surface area contributed by atoms with Gasteiger partial charge < -0.3 is 10.1 Å². The third-order valence-corrected chi connectivity index (χ3v) is 4.63. The zero-order chi connectivity index (χ0) is 14.4. The highest BCUT2D eigenvalue weighted by Crippen LogP contribution is 2.24. The van der Waals surface area contributed by atoms with Gasteiger partial charge in [-0.2, -0.15) is 0 Å². The maximum absolute atomic E-state index is 5.83. The normalized spacial score (nSPS) is 10.8. The lowest BCUT2D eigenvalue weighted by Crippen LogP contribution is -2.12. The van der Waals surface area contributed by atoms with Crippen LogP contribution >= 0.6 is 27.3 Å². The predicted octanol–water partition coefficient (Wildman–Crippen LogP) is 4.90. The third-order valence-electron chi connectivity index (χ3n) is 3.01. The molecule has 1 aromatic heterocycles. The van der Waals surface area contributed by atoms with E-state index < -0.39 is 0 Å². The van der Waals surface area contributed by atoms with Crippen LogP contribution in [0, 0.1) is 6.92 Å². The van der Waals surface area contributed by atoms with Gasteiger partial charge in [-0.15, -0.1) is 11.3 Å². The summed E-state index contributed by atoms with van der Waals surface area (Å²) in [7, 11) is 0. The summed E-state index contributed by atoms with van der Waals surface area (Å²) in [5.74, 6) is 0.907. The van der Waals surface area contributed by atoms with Gasteiger partial charge in [-0.3, -0.25) is 0 Å². The average molecular weight is 354 g/mol. The number of aryl methyl sites for hydroxylation is 1. The van der Waals surface area contributed by atoms with Crippen LogP contribution in [0.25, 0.3) is 0 Å². The zero-order valence-corrected chi connectivity index (χ0v) is 14.3. The number of ether oxygens (including phenoxy) is 1.